The molecule has 0 atom stereocenters. The van der Waals surface area contributed by atoms with Crippen molar-refractivity contribution in [2.24, 2.45) is 7.05 Å². The molecule has 1 saturated carbocycles. The van der Waals surface area contributed by atoms with Gasteiger partial charge in [0.2, 0.25) is 5.69 Å². The Morgan fingerprint density at radius 1 is 0.861 bits per heavy atom. The third-order valence-electron chi connectivity index (χ3n) is 8.04. The van der Waals surface area contributed by atoms with Crippen LogP contribution in [0.25, 0.3) is 49.2 Å². The Morgan fingerprint density at radius 2 is 1.61 bits per heavy atom. The van der Waals surface area contributed by atoms with E-state index in [1.165, 1.54) is 53.6 Å². The number of furan rings is 1. The van der Waals surface area contributed by atoms with Crippen LogP contribution >= 0.6 is 0 Å². The Kier molecular flexibility index (Phi) is 5.41. The van der Waals surface area contributed by atoms with Gasteiger partial charge in [-0.15, -0.1) is 0 Å². The van der Waals surface area contributed by atoms with E-state index in [0.717, 1.165) is 38.6 Å². The Balaban J connectivity index is 1.66. The van der Waals surface area contributed by atoms with Crippen molar-refractivity contribution < 1.29 is 8.98 Å². The molecular weight excluding hydrogens is 440 g/mol. The maximum absolute atomic E-state index is 7.82. The standard InChI is InChI=1S/C33H31N2O/c1-20-18-28(35(5)19-26(20)23-11-9-10-12-23)30-22(3)17-21(2)29-25-15-16-27(34-4)31(32(25)36-33(29)30)24-13-7-6-8-14-24/h6-8,13-19,23H,9-12H2,1-3,5H3/q+1. The molecule has 5 aromatic rings. The summed E-state index contributed by atoms with van der Waals surface area (Å²) in [4.78, 5) is 3.85. The second kappa shape index (κ2) is 8.64. The molecule has 1 fully saturated rings. The molecule has 0 N–H and O–H groups in total. The highest BCUT2D eigenvalue weighted by Gasteiger charge is 2.27. The van der Waals surface area contributed by atoms with Crippen LogP contribution < -0.4 is 4.57 Å². The third kappa shape index (κ3) is 3.44. The van der Waals surface area contributed by atoms with E-state index < -0.39 is 0 Å². The fraction of sp³-hybridized carbons (Fsp3) is 0.273. The predicted molar refractivity (Wildman–Crippen MR) is 147 cm³/mol. The van der Waals surface area contributed by atoms with Crippen molar-refractivity contribution in [3.05, 3.63) is 94.5 Å². The Hall–Kier alpha value is -3.90. The van der Waals surface area contributed by atoms with E-state index in [0.29, 0.717) is 11.6 Å². The summed E-state index contributed by atoms with van der Waals surface area (Å²) in [5.41, 5.74) is 11.7. The van der Waals surface area contributed by atoms with E-state index in [-0.39, 0.29) is 0 Å². The summed E-state index contributed by atoms with van der Waals surface area (Å²) in [6, 6.07) is 18.8. The van der Waals surface area contributed by atoms with Crippen molar-refractivity contribution in [1.82, 2.24) is 0 Å². The molecule has 36 heavy (non-hydrogen) atoms. The largest absolute Gasteiger partial charge is 0.456 e. The molecule has 1 aliphatic carbocycles. The smallest absolute Gasteiger partial charge is 0.216 e. The van der Waals surface area contributed by atoms with Crippen LogP contribution in [0.2, 0.25) is 0 Å². The predicted octanol–water partition coefficient (Wildman–Crippen LogP) is 8.88. The highest BCUT2D eigenvalue weighted by atomic mass is 16.3. The van der Waals surface area contributed by atoms with Gasteiger partial charge in [0.25, 0.3) is 0 Å². The summed E-state index contributed by atoms with van der Waals surface area (Å²) in [6.07, 6.45) is 7.61. The van der Waals surface area contributed by atoms with E-state index in [4.69, 9.17) is 11.0 Å². The quantitative estimate of drug-likeness (QED) is 0.190. The topological polar surface area (TPSA) is 21.4 Å². The summed E-state index contributed by atoms with van der Waals surface area (Å²) in [5, 5.41) is 2.20. The van der Waals surface area contributed by atoms with Gasteiger partial charge in [-0.05, 0) is 61.8 Å². The minimum absolute atomic E-state index is 0.617. The molecule has 0 radical (unpaired) electrons. The minimum atomic E-state index is 0.617. The lowest BCUT2D eigenvalue weighted by Crippen LogP contribution is -2.32. The third-order valence-corrected chi connectivity index (χ3v) is 8.04. The number of aryl methyl sites for hydroxylation is 4. The zero-order valence-corrected chi connectivity index (χ0v) is 21.5. The van der Waals surface area contributed by atoms with Gasteiger partial charge in [-0.2, -0.15) is 0 Å². The normalized spacial score (nSPS) is 14.1. The molecule has 0 aliphatic heterocycles. The number of hydrogen-bond donors (Lipinski definition) is 0. The first-order valence-electron chi connectivity index (χ1n) is 12.9. The van der Waals surface area contributed by atoms with E-state index >= 15 is 0 Å². The van der Waals surface area contributed by atoms with Gasteiger partial charge < -0.3 is 4.42 Å². The summed E-state index contributed by atoms with van der Waals surface area (Å²) in [7, 11) is 2.16. The van der Waals surface area contributed by atoms with Gasteiger partial charge in [-0.3, -0.25) is 0 Å². The first-order valence-corrected chi connectivity index (χ1v) is 12.9. The van der Waals surface area contributed by atoms with Crippen molar-refractivity contribution in [2.45, 2.75) is 52.4 Å². The van der Waals surface area contributed by atoms with Crippen LogP contribution in [-0.4, -0.2) is 0 Å². The Bertz CT molecular complexity index is 1680. The van der Waals surface area contributed by atoms with Crippen LogP contribution in [0.5, 0.6) is 0 Å². The van der Waals surface area contributed by atoms with Crippen molar-refractivity contribution in [2.75, 3.05) is 0 Å². The second-order valence-electron chi connectivity index (χ2n) is 10.4. The second-order valence-corrected chi connectivity index (χ2v) is 10.4. The van der Waals surface area contributed by atoms with Gasteiger partial charge in [0.15, 0.2) is 11.9 Å². The van der Waals surface area contributed by atoms with Crippen LogP contribution in [0.4, 0.5) is 5.69 Å². The molecule has 3 heteroatoms. The molecule has 2 heterocycles. The van der Waals surface area contributed by atoms with Gasteiger partial charge in [0.05, 0.1) is 12.1 Å². The van der Waals surface area contributed by atoms with Crippen LogP contribution in [0, 0.1) is 27.3 Å². The summed E-state index contributed by atoms with van der Waals surface area (Å²) >= 11 is 0. The minimum Gasteiger partial charge on any atom is -0.456 e. The summed E-state index contributed by atoms with van der Waals surface area (Å²) in [6.45, 7) is 14.4. The first-order chi connectivity index (χ1) is 17.5. The number of pyridine rings is 1. The number of benzene rings is 3. The molecular formula is C33H31N2O+. The van der Waals surface area contributed by atoms with Gasteiger partial charge in [0.1, 0.15) is 18.2 Å². The van der Waals surface area contributed by atoms with Crippen LogP contribution in [-0.2, 0) is 7.05 Å². The molecule has 3 aromatic carbocycles. The van der Waals surface area contributed by atoms with Crippen LogP contribution in [0.1, 0.15) is 53.9 Å². The number of hydrogen-bond acceptors (Lipinski definition) is 1. The zero-order chi connectivity index (χ0) is 25.0. The average molecular weight is 472 g/mol. The maximum atomic E-state index is 7.82. The molecule has 0 saturated heterocycles. The van der Waals surface area contributed by atoms with Crippen LogP contribution in [0.3, 0.4) is 0 Å². The molecule has 6 rings (SSSR count). The zero-order valence-electron chi connectivity index (χ0n) is 21.5. The Labute approximate surface area is 212 Å². The molecule has 1 aliphatic rings. The molecule has 0 spiro atoms. The summed E-state index contributed by atoms with van der Waals surface area (Å²) in [5.74, 6) is 0.677. The van der Waals surface area contributed by atoms with Gasteiger partial charge >= 0.3 is 0 Å². The molecule has 2 aromatic heterocycles. The van der Waals surface area contributed by atoms with E-state index in [2.05, 4.69) is 73.8 Å². The van der Waals surface area contributed by atoms with E-state index in [9.17, 15) is 0 Å². The Morgan fingerprint density at radius 3 is 2.33 bits per heavy atom. The molecule has 0 amide bonds. The summed E-state index contributed by atoms with van der Waals surface area (Å²) < 4.78 is 9.08. The van der Waals surface area contributed by atoms with E-state index in [1.807, 2.05) is 24.3 Å². The molecule has 178 valence electrons. The highest BCUT2D eigenvalue weighted by Crippen LogP contribution is 2.45. The van der Waals surface area contributed by atoms with Crippen LogP contribution in [0.15, 0.2) is 65.2 Å². The molecule has 0 bridgehead atoms. The number of rotatable bonds is 3. The number of aromatic nitrogens is 1. The lowest BCUT2D eigenvalue weighted by Gasteiger charge is -2.14. The van der Waals surface area contributed by atoms with Gasteiger partial charge in [-0.25, -0.2) is 9.41 Å². The van der Waals surface area contributed by atoms with Crippen molar-refractivity contribution >= 4 is 27.6 Å². The number of nitrogens with zero attached hydrogens (tertiary/aromatic N) is 2. The van der Waals surface area contributed by atoms with E-state index in [1.54, 1.807) is 0 Å². The molecule has 0 unspecified atom stereocenters. The lowest BCUT2D eigenvalue weighted by molar-refractivity contribution is -0.660. The fourth-order valence-electron chi connectivity index (χ4n) is 6.34. The van der Waals surface area contributed by atoms with Gasteiger partial charge in [-0.1, -0.05) is 61.4 Å². The fourth-order valence-corrected chi connectivity index (χ4v) is 6.34. The molecule has 3 nitrogen and oxygen atoms in total. The monoisotopic (exact) mass is 471 g/mol. The van der Waals surface area contributed by atoms with Crippen molar-refractivity contribution in [3.8, 4) is 22.4 Å². The average Bonchev–Trinajstić information content (AvgIpc) is 3.54. The highest BCUT2D eigenvalue weighted by molar-refractivity contribution is 6.16. The number of fused-ring (bicyclic) bond motifs is 3. The van der Waals surface area contributed by atoms with Gasteiger partial charge in [0, 0.05) is 28.0 Å². The van der Waals surface area contributed by atoms with Crippen molar-refractivity contribution in [3.63, 3.8) is 0 Å². The first kappa shape index (κ1) is 22.6. The SMILES string of the molecule is [C-]#[N+]c1ccc2c(oc3c(-c4cc(C)c(C5CCCC5)c[n+]4C)c(C)cc(C)c32)c1-c1ccccc1. The van der Waals surface area contributed by atoms with Crippen molar-refractivity contribution in [1.29, 1.82) is 0 Å². The lowest BCUT2D eigenvalue weighted by atomic mass is 9.92. The maximum Gasteiger partial charge on any atom is 0.216 e.